The molecule has 0 spiro atoms. The second kappa shape index (κ2) is 8.83. The third-order valence-corrected chi connectivity index (χ3v) is 7.44. The molecule has 1 N–H and O–H groups in total. The molecule has 1 aliphatic rings. The normalized spacial score (nSPS) is 13.7. The number of hydrogen-bond donors (Lipinski definition) is 1. The van der Waals surface area contributed by atoms with E-state index in [1.165, 1.54) is 26.8 Å². The Hall–Kier alpha value is -3.05. The number of carbonyl (C=O) groups excluding carboxylic acids is 1. The molecule has 0 radical (unpaired) electrons. The number of amides is 1. The van der Waals surface area contributed by atoms with Crippen LogP contribution in [-0.2, 0) is 24.2 Å². The number of rotatable bonds is 7. The summed E-state index contributed by atoms with van der Waals surface area (Å²) in [5.74, 6) is -1.44. The first-order chi connectivity index (χ1) is 15.3. The van der Waals surface area contributed by atoms with Crippen molar-refractivity contribution in [2.45, 2.75) is 43.1 Å². The average Bonchev–Trinajstić information content (AvgIpc) is 3.32. The van der Waals surface area contributed by atoms with Crippen LogP contribution in [0.15, 0.2) is 40.8 Å². The third-order valence-electron chi connectivity index (χ3n) is 5.16. The van der Waals surface area contributed by atoms with Crippen LogP contribution in [0, 0.1) is 15.9 Å². The van der Waals surface area contributed by atoms with Crippen LogP contribution < -0.4 is 10.9 Å². The van der Waals surface area contributed by atoms with Crippen molar-refractivity contribution in [2.24, 2.45) is 0 Å². The molecular formula is C21H19FN4O4S2. The lowest BCUT2D eigenvalue weighted by molar-refractivity contribution is -0.387. The number of nitro groups is 1. The Morgan fingerprint density at radius 3 is 3.00 bits per heavy atom. The number of nitrogens with zero attached hydrogens (tertiary/aromatic N) is 3. The van der Waals surface area contributed by atoms with E-state index in [2.05, 4.69) is 16.9 Å². The molecule has 2 heterocycles. The summed E-state index contributed by atoms with van der Waals surface area (Å²) in [4.78, 5) is 42.5. The Morgan fingerprint density at radius 1 is 1.50 bits per heavy atom. The highest BCUT2D eigenvalue weighted by molar-refractivity contribution is 8.00. The van der Waals surface area contributed by atoms with Crippen LogP contribution in [0.25, 0.3) is 10.2 Å². The zero-order chi connectivity index (χ0) is 23.0. The van der Waals surface area contributed by atoms with Crippen molar-refractivity contribution in [1.82, 2.24) is 9.55 Å². The summed E-state index contributed by atoms with van der Waals surface area (Å²) in [6.07, 6.45) is 4.46. The second-order valence-corrected chi connectivity index (χ2v) is 9.70. The molecule has 166 valence electrons. The number of aryl methyl sites for hydroxylation is 2. The van der Waals surface area contributed by atoms with Gasteiger partial charge in [-0.05, 0) is 43.9 Å². The number of hydrogen-bond acceptors (Lipinski definition) is 7. The van der Waals surface area contributed by atoms with Crippen molar-refractivity contribution in [3.8, 4) is 0 Å². The van der Waals surface area contributed by atoms with Crippen LogP contribution in [0.3, 0.4) is 0 Å². The number of halogens is 1. The van der Waals surface area contributed by atoms with E-state index in [1.54, 1.807) is 13.0 Å². The Kier molecular flexibility index (Phi) is 6.11. The minimum atomic E-state index is -0.982. The quantitative estimate of drug-likeness (QED) is 0.180. The van der Waals surface area contributed by atoms with Gasteiger partial charge in [0.25, 0.3) is 5.56 Å². The number of fused-ring (bicyclic) bond motifs is 3. The van der Waals surface area contributed by atoms with Crippen molar-refractivity contribution >= 4 is 50.6 Å². The van der Waals surface area contributed by atoms with Gasteiger partial charge in [-0.25, -0.2) is 4.98 Å². The molecule has 8 nitrogen and oxygen atoms in total. The number of carbonyl (C=O) groups is 1. The number of anilines is 1. The van der Waals surface area contributed by atoms with Crippen molar-refractivity contribution in [1.29, 1.82) is 0 Å². The first-order valence-corrected chi connectivity index (χ1v) is 11.6. The zero-order valence-electron chi connectivity index (χ0n) is 17.1. The topological polar surface area (TPSA) is 107 Å². The summed E-state index contributed by atoms with van der Waals surface area (Å²) < 4.78 is 15.1. The maximum absolute atomic E-state index is 13.5. The number of allylic oxidation sites excluding steroid dienone is 1. The van der Waals surface area contributed by atoms with Gasteiger partial charge in [0, 0.05) is 23.2 Å². The van der Waals surface area contributed by atoms with E-state index in [9.17, 15) is 24.1 Å². The summed E-state index contributed by atoms with van der Waals surface area (Å²) in [7, 11) is 0. The monoisotopic (exact) mass is 474 g/mol. The summed E-state index contributed by atoms with van der Waals surface area (Å²) in [6, 6.07) is 3.15. The predicted molar refractivity (Wildman–Crippen MR) is 123 cm³/mol. The lowest BCUT2D eigenvalue weighted by atomic mass is 10.2. The number of thiophene rings is 1. The first kappa shape index (κ1) is 22.2. The van der Waals surface area contributed by atoms with Crippen LogP contribution in [0.5, 0.6) is 0 Å². The highest BCUT2D eigenvalue weighted by Gasteiger charge is 2.25. The van der Waals surface area contributed by atoms with E-state index < -0.39 is 27.6 Å². The van der Waals surface area contributed by atoms with Gasteiger partial charge in [0.05, 0.1) is 15.6 Å². The summed E-state index contributed by atoms with van der Waals surface area (Å²) in [5, 5.41) is 13.9. The van der Waals surface area contributed by atoms with E-state index in [4.69, 9.17) is 0 Å². The maximum atomic E-state index is 13.5. The lowest BCUT2D eigenvalue weighted by Gasteiger charge is -2.15. The van der Waals surface area contributed by atoms with Crippen molar-refractivity contribution in [3.05, 3.63) is 67.6 Å². The van der Waals surface area contributed by atoms with Gasteiger partial charge < -0.3 is 5.32 Å². The number of nitro benzene ring substituents is 1. The standard InChI is InChI=1S/C21H19FN4O4S2/c1-3-9-25-20(28)17-13-5-4-6-16(13)32-19(17)24-21(25)31-11(2)18(27)23-12-7-8-14(22)15(10-12)26(29)30/h3,7-8,10-11H,1,4-6,9H2,2H3,(H,23,27)/t11-/m1/s1. The van der Waals surface area contributed by atoms with E-state index in [0.717, 1.165) is 48.7 Å². The van der Waals surface area contributed by atoms with Crippen molar-refractivity contribution in [3.63, 3.8) is 0 Å². The van der Waals surface area contributed by atoms with Gasteiger partial charge in [-0.2, -0.15) is 4.39 Å². The Labute approximate surface area is 190 Å². The maximum Gasteiger partial charge on any atom is 0.306 e. The summed E-state index contributed by atoms with van der Waals surface area (Å²) in [6.45, 7) is 5.62. The fourth-order valence-electron chi connectivity index (χ4n) is 3.62. The number of nitrogens with one attached hydrogen (secondary N) is 1. The fraction of sp³-hybridized carbons (Fsp3) is 0.286. The molecular weight excluding hydrogens is 455 g/mol. The molecule has 0 unspecified atom stereocenters. The van der Waals surface area contributed by atoms with Gasteiger partial charge in [0.15, 0.2) is 5.16 Å². The smallest absolute Gasteiger partial charge is 0.306 e. The first-order valence-electron chi connectivity index (χ1n) is 9.87. The highest BCUT2D eigenvalue weighted by atomic mass is 32.2. The molecule has 0 aliphatic heterocycles. The molecule has 3 aromatic rings. The molecule has 0 saturated heterocycles. The lowest BCUT2D eigenvalue weighted by Crippen LogP contribution is -2.26. The molecule has 1 atom stereocenters. The number of aromatic nitrogens is 2. The van der Waals surface area contributed by atoms with Gasteiger partial charge >= 0.3 is 5.69 Å². The fourth-order valence-corrected chi connectivity index (χ4v) is 5.84. The Morgan fingerprint density at radius 2 is 2.28 bits per heavy atom. The molecule has 2 aromatic heterocycles. The third kappa shape index (κ3) is 4.05. The second-order valence-electron chi connectivity index (χ2n) is 7.31. The molecule has 4 rings (SSSR count). The number of thioether (sulfide) groups is 1. The van der Waals surface area contributed by atoms with Crippen LogP contribution in [0.2, 0.25) is 0 Å². The van der Waals surface area contributed by atoms with Crippen LogP contribution in [-0.4, -0.2) is 25.6 Å². The van der Waals surface area contributed by atoms with Gasteiger partial charge in [-0.1, -0.05) is 17.8 Å². The van der Waals surface area contributed by atoms with Crippen LogP contribution in [0.4, 0.5) is 15.8 Å². The zero-order valence-corrected chi connectivity index (χ0v) is 18.7. The molecule has 1 amide bonds. The van der Waals surface area contributed by atoms with Crippen molar-refractivity contribution in [2.75, 3.05) is 5.32 Å². The molecule has 0 bridgehead atoms. The van der Waals surface area contributed by atoms with Gasteiger partial charge in [-0.15, -0.1) is 17.9 Å². The van der Waals surface area contributed by atoms with E-state index in [1.807, 2.05) is 0 Å². The van der Waals surface area contributed by atoms with Gasteiger partial charge in [0.2, 0.25) is 11.7 Å². The summed E-state index contributed by atoms with van der Waals surface area (Å²) >= 11 is 2.63. The molecule has 1 aromatic carbocycles. The van der Waals surface area contributed by atoms with Crippen molar-refractivity contribution < 1.29 is 14.1 Å². The minimum Gasteiger partial charge on any atom is -0.325 e. The Bertz CT molecular complexity index is 1320. The van der Waals surface area contributed by atoms with E-state index >= 15 is 0 Å². The minimum absolute atomic E-state index is 0.108. The highest BCUT2D eigenvalue weighted by Crippen LogP contribution is 2.36. The summed E-state index contributed by atoms with van der Waals surface area (Å²) in [5.41, 5.74) is 0.331. The predicted octanol–water partition coefficient (Wildman–Crippen LogP) is 4.30. The van der Waals surface area contributed by atoms with Crippen LogP contribution >= 0.6 is 23.1 Å². The van der Waals surface area contributed by atoms with E-state index in [0.29, 0.717) is 15.4 Å². The average molecular weight is 475 g/mol. The molecule has 0 fully saturated rings. The molecule has 11 heteroatoms. The van der Waals surface area contributed by atoms with Gasteiger partial charge in [-0.3, -0.25) is 24.3 Å². The Balaban J connectivity index is 1.61. The SMILES string of the molecule is C=CCn1c(S[C@H](C)C(=O)Nc2ccc(F)c([N+](=O)[O-])c2)nc2sc3c(c2c1=O)CCC3. The molecule has 32 heavy (non-hydrogen) atoms. The van der Waals surface area contributed by atoms with Crippen LogP contribution in [0.1, 0.15) is 23.8 Å². The largest absolute Gasteiger partial charge is 0.325 e. The number of benzene rings is 1. The van der Waals surface area contributed by atoms with E-state index in [-0.39, 0.29) is 17.8 Å². The molecule has 1 aliphatic carbocycles. The van der Waals surface area contributed by atoms with Gasteiger partial charge in [0.1, 0.15) is 4.83 Å². The molecule has 0 saturated carbocycles.